The van der Waals surface area contributed by atoms with Gasteiger partial charge in [-0.2, -0.15) is 0 Å². The molecule has 0 heterocycles. The van der Waals surface area contributed by atoms with E-state index in [0.29, 0.717) is 6.42 Å². The van der Waals surface area contributed by atoms with Gasteiger partial charge in [-0.3, -0.25) is 4.79 Å². The average molecular weight is 298 g/mol. The molecule has 4 nitrogen and oxygen atoms in total. The van der Waals surface area contributed by atoms with E-state index in [1.54, 1.807) is 7.11 Å². The van der Waals surface area contributed by atoms with Gasteiger partial charge in [-0.15, -0.1) is 0 Å². The number of carbonyl (C=O) groups is 1. The number of benzene rings is 1. The summed E-state index contributed by atoms with van der Waals surface area (Å²) in [6.07, 6.45) is 0.761. The van der Waals surface area contributed by atoms with Gasteiger partial charge in [-0.1, -0.05) is 13.8 Å². The molecule has 2 rings (SSSR count). The highest BCUT2D eigenvalue weighted by Crippen LogP contribution is 2.42. The molecule has 2 atom stereocenters. The molecule has 0 aromatic heterocycles. The first kappa shape index (κ1) is 15.7. The molecule has 116 valence electrons. The molecule has 0 aliphatic heterocycles. The van der Waals surface area contributed by atoms with Gasteiger partial charge in [0, 0.05) is 31.2 Å². The Kier molecular flexibility index (Phi) is 4.18. The number of hydrogen-bond donors (Lipinski definition) is 2. The van der Waals surface area contributed by atoms with E-state index < -0.39 is 17.5 Å². The van der Waals surface area contributed by atoms with Crippen molar-refractivity contribution >= 4 is 11.6 Å². The minimum absolute atomic E-state index is 0.0272. The summed E-state index contributed by atoms with van der Waals surface area (Å²) >= 11 is 0. The predicted molar refractivity (Wildman–Crippen MR) is 76.4 cm³/mol. The largest absolute Gasteiger partial charge is 0.383 e. The first-order chi connectivity index (χ1) is 9.81. The van der Waals surface area contributed by atoms with Crippen molar-refractivity contribution in [1.29, 1.82) is 0 Å². The summed E-state index contributed by atoms with van der Waals surface area (Å²) in [5, 5.41) is 5.23. The molecule has 1 saturated carbocycles. The lowest BCUT2D eigenvalue weighted by atomic mass is 9.64. The number of methoxy groups -OCH3 is 1. The van der Waals surface area contributed by atoms with Crippen LogP contribution in [0.1, 0.15) is 30.6 Å². The Morgan fingerprint density at radius 1 is 1.33 bits per heavy atom. The zero-order chi connectivity index (χ0) is 15.8. The van der Waals surface area contributed by atoms with Crippen molar-refractivity contribution < 1.29 is 18.3 Å². The molecule has 6 heteroatoms. The van der Waals surface area contributed by atoms with Gasteiger partial charge in [0.15, 0.2) is 0 Å². The summed E-state index contributed by atoms with van der Waals surface area (Å²) in [5.41, 5.74) is -0.470. The Morgan fingerprint density at radius 2 is 1.90 bits per heavy atom. The quantitative estimate of drug-likeness (QED) is 0.898. The standard InChI is InChI=1S/C15H20F2N2O2/c1-15(2)11(7-12(15)21-4)19-14(20)8-5-9(16)13(18-3)10(17)6-8/h5-6,11-12,18H,7H2,1-4H3,(H,19,20). The lowest BCUT2D eigenvalue weighted by Gasteiger charge is -2.51. The summed E-state index contributed by atoms with van der Waals surface area (Å²) in [5.74, 6) is -2.06. The molecule has 0 saturated heterocycles. The minimum atomic E-state index is -0.787. The van der Waals surface area contributed by atoms with E-state index >= 15 is 0 Å². The van der Waals surface area contributed by atoms with Gasteiger partial charge in [0.1, 0.15) is 17.3 Å². The Hall–Kier alpha value is -1.69. The lowest BCUT2D eigenvalue weighted by molar-refractivity contribution is -0.0942. The average Bonchev–Trinajstić information content (AvgIpc) is 2.42. The van der Waals surface area contributed by atoms with Crippen LogP contribution >= 0.6 is 0 Å². The summed E-state index contributed by atoms with van der Waals surface area (Å²) in [6.45, 7) is 3.97. The Labute approximate surface area is 122 Å². The molecule has 1 aliphatic rings. The summed E-state index contributed by atoms with van der Waals surface area (Å²) in [6, 6.07) is 1.98. The van der Waals surface area contributed by atoms with Crippen molar-refractivity contribution in [3.05, 3.63) is 29.3 Å². The molecule has 2 unspecified atom stereocenters. The maximum Gasteiger partial charge on any atom is 0.251 e. The second-order valence-electron chi connectivity index (χ2n) is 5.87. The van der Waals surface area contributed by atoms with Crippen LogP contribution in [0.15, 0.2) is 12.1 Å². The smallest absolute Gasteiger partial charge is 0.251 e. The summed E-state index contributed by atoms with van der Waals surface area (Å²) < 4.78 is 32.7. The highest BCUT2D eigenvalue weighted by atomic mass is 19.1. The number of halogens is 2. The van der Waals surface area contributed by atoms with Crippen molar-refractivity contribution in [2.45, 2.75) is 32.4 Å². The van der Waals surface area contributed by atoms with Crippen molar-refractivity contribution in [1.82, 2.24) is 5.32 Å². The summed E-state index contributed by atoms with van der Waals surface area (Å²) in [4.78, 5) is 12.1. The molecular formula is C15H20F2N2O2. The van der Waals surface area contributed by atoms with Crippen LogP contribution in [-0.2, 0) is 4.74 Å². The van der Waals surface area contributed by atoms with Crippen LogP contribution in [0.5, 0.6) is 0 Å². The third-order valence-electron chi connectivity index (χ3n) is 4.32. The molecule has 0 spiro atoms. The normalized spacial score (nSPS) is 23.3. The van der Waals surface area contributed by atoms with Crippen molar-refractivity contribution in [3.8, 4) is 0 Å². The molecule has 0 bridgehead atoms. The van der Waals surface area contributed by atoms with E-state index in [-0.39, 0.29) is 28.8 Å². The van der Waals surface area contributed by atoms with Gasteiger partial charge in [-0.25, -0.2) is 8.78 Å². The predicted octanol–water partition coefficient (Wildman–Crippen LogP) is 2.55. The van der Waals surface area contributed by atoms with Crippen molar-refractivity contribution in [2.24, 2.45) is 5.41 Å². The number of anilines is 1. The number of amides is 1. The fourth-order valence-electron chi connectivity index (χ4n) is 2.71. The van der Waals surface area contributed by atoms with E-state index in [1.807, 2.05) is 13.8 Å². The number of nitrogens with one attached hydrogen (secondary N) is 2. The topological polar surface area (TPSA) is 50.4 Å². The Morgan fingerprint density at radius 3 is 2.33 bits per heavy atom. The first-order valence-electron chi connectivity index (χ1n) is 6.81. The van der Waals surface area contributed by atoms with Gasteiger partial charge in [0.2, 0.25) is 0 Å². The molecule has 1 aromatic rings. The van der Waals surface area contributed by atoms with E-state index in [2.05, 4.69) is 10.6 Å². The number of rotatable bonds is 4. The van der Waals surface area contributed by atoms with Crippen LogP contribution in [0.2, 0.25) is 0 Å². The zero-order valence-electron chi connectivity index (χ0n) is 12.6. The molecule has 1 fully saturated rings. The second-order valence-corrected chi connectivity index (χ2v) is 5.87. The maximum atomic E-state index is 13.7. The third-order valence-corrected chi connectivity index (χ3v) is 4.32. The van der Waals surface area contributed by atoms with E-state index in [9.17, 15) is 13.6 Å². The van der Waals surface area contributed by atoms with Crippen molar-refractivity contribution in [2.75, 3.05) is 19.5 Å². The zero-order valence-corrected chi connectivity index (χ0v) is 12.6. The fourth-order valence-corrected chi connectivity index (χ4v) is 2.71. The SMILES string of the molecule is CNc1c(F)cc(C(=O)NC2CC(OC)C2(C)C)cc1F. The van der Waals surface area contributed by atoms with Crippen LogP contribution in [-0.4, -0.2) is 32.2 Å². The van der Waals surface area contributed by atoms with Gasteiger partial charge in [0.25, 0.3) is 5.91 Å². The van der Waals surface area contributed by atoms with Crippen LogP contribution in [0.25, 0.3) is 0 Å². The van der Waals surface area contributed by atoms with Gasteiger partial charge < -0.3 is 15.4 Å². The molecule has 0 radical (unpaired) electrons. The fraction of sp³-hybridized carbons (Fsp3) is 0.533. The second kappa shape index (κ2) is 5.60. The minimum Gasteiger partial charge on any atom is -0.383 e. The summed E-state index contributed by atoms with van der Waals surface area (Å²) in [7, 11) is 3.05. The number of ether oxygens (including phenoxy) is 1. The van der Waals surface area contributed by atoms with E-state index in [0.717, 1.165) is 12.1 Å². The highest BCUT2D eigenvalue weighted by molar-refractivity contribution is 5.95. The Bertz CT molecular complexity index is 538. The van der Waals surface area contributed by atoms with Crippen molar-refractivity contribution in [3.63, 3.8) is 0 Å². The van der Waals surface area contributed by atoms with Crippen LogP contribution in [0, 0.1) is 17.0 Å². The van der Waals surface area contributed by atoms with Gasteiger partial charge >= 0.3 is 0 Å². The molecule has 1 aliphatic carbocycles. The Balaban J connectivity index is 2.12. The van der Waals surface area contributed by atoms with Crippen LogP contribution in [0.3, 0.4) is 0 Å². The lowest BCUT2D eigenvalue weighted by Crippen LogP contribution is -2.61. The van der Waals surface area contributed by atoms with E-state index in [4.69, 9.17) is 4.74 Å². The molecule has 2 N–H and O–H groups in total. The molecule has 1 aromatic carbocycles. The first-order valence-corrected chi connectivity index (χ1v) is 6.81. The van der Waals surface area contributed by atoms with Crippen LogP contribution in [0.4, 0.5) is 14.5 Å². The maximum absolute atomic E-state index is 13.7. The highest BCUT2D eigenvalue weighted by Gasteiger charge is 2.49. The van der Waals surface area contributed by atoms with Crippen LogP contribution < -0.4 is 10.6 Å². The molecule has 1 amide bonds. The molecular weight excluding hydrogens is 278 g/mol. The molecule has 21 heavy (non-hydrogen) atoms. The number of hydrogen-bond acceptors (Lipinski definition) is 3. The van der Waals surface area contributed by atoms with Gasteiger partial charge in [0.05, 0.1) is 6.10 Å². The van der Waals surface area contributed by atoms with E-state index in [1.165, 1.54) is 7.05 Å². The number of carbonyl (C=O) groups excluding carboxylic acids is 1. The third kappa shape index (κ3) is 2.72. The monoisotopic (exact) mass is 298 g/mol. The van der Waals surface area contributed by atoms with Gasteiger partial charge in [-0.05, 0) is 18.6 Å².